The van der Waals surface area contributed by atoms with Crippen LogP contribution in [-0.2, 0) is 0 Å². The van der Waals surface area contributed by atoms with E-state index in [1.807, 2.05) is 0 Å². The first-order valence-corrected chi connectivity index (χ1v) is 5.41. The molecular weight excluding hydrogens is 154 g/mol. The fraction of sp³-hybridized carbons (Fsp3) is 1.00. The van der Waals surface area contributed by atoms with Crippen molar-refractivity contribution in [3.05, 3.63) is 0 Å². The number of hydrogen-bond donors (Lipinski definition) is 0. The lowest BCUT2D eigenvalue weighted by Gasteiger charge is -2.40. The molecule has 0 bridgehead atoms. The van der Waals surface area contributed by atoms with E-state index in [2.05, 4.69) is 44.4 Å². The van der Waals surface area contributed by atoms with Gasteiger partial charge in [0.25, 0.3) is 0 Å². The summed E-state index contributed by atoms with van der Waals surface area (Å²) < 4.78 is 0. The zero-order valence-corrected chi connectivity index (χ0v) is 8.87. The molecule has 0 aromatic rings. The predicted octanol–water partition coefficient (Wildman–Crippen LogP) is 2.22. The Morgan fingerprint density at radius 3 is 2.36 bits per heavy atom. The summed E-state index contributed by atoms with van der Waals surface area (Å²) in [5.74, 6) is 1.30. The normalized spacial score (nSPS) is 28.9. The van der Waals surface area contributed by atoms with E-state index in [1.165, 1.54) is 18.8 Å². The van der Waals surface area contributed by atoms with E-state index in [-0.39, 0.29) is 0 Å². The average Bonchev–Trinajstić information content (AvgIpc) is 1.86. The smallest absolute Gasteiger partial charge is 0.0147 e. The Morgan fingerprint density at radius 2 is 2.00 bits per heavy atom. The highest BCUT2D eigenvalue weighted by Crippen LogP contribution is 2.23. The van der Waals surface area contributed by atoms with Gasteiger partial charge < -0.3 is 0 Å². The highest BCUT2D eigenvalue weighted by Gasteiger charge is 2.25. The molecule has 0 N–H and O–H groups in total. The lowest BCUT2D eigenvalue weighted by Crippen LogP contribution is -2.48. The Labute approximate surface area is 74.5 Å². The van der Waals surface area contributed by atoms with Gasteiger partial charge >= 0.3 is 0 Å². The van der Waals surface area contributed by atoms with Crippen molar-refractivity contribution in [3.63, 3.8) is 0 Å². The summed E-state index contributed by atoms with van der Waals surface area (Å²) in [6.07, 6.45) is 0. The zero-order chi connectivity index (χ0) is 8.48. The minimum atomic E-state index is 0.370. The van der Waals surface area contributed by atoms with Gasteiger partial charge in [0.05, 0.1) is 0 Å². The van der Waals surface area contributed by atoms with E-state index in [4.69, 9.17) is 0 Å². The van der Waals surface area contributed by atoms with Crippen molar-refractivity contribution >= 4 is 11.8 Å². The maximum Gasteiger partial charge on any atom is 0.0147 e. The van der Waals surface area contributed by atoms with Crippen LogP contribution in [0, 0.1) is 0 Å². The molecule has 0 spiro atoms. The van der Waals surface area contributed by atoms with Gasteiger partial charge in [-0.25, -0.2) is 0 Å². The molecule has 0 aromatic heterocycles. The zero-order valence-electron chi connectivity index (χ0n) is 8.05. The number of thioether (sulfide) groups is 1. The minimum Gasteiger partial charge on any atom is -0.297 e. The highest BCUT2D eigenvalue weighted by molar-refractivity contribution is 7.99. The van der Waals surface area contributed by atoms with Gasteiger partial charge in [-0.05, 0) is 20.8 Å². The molecule has 2 heteroatoms. The molecule has 1 saturated heterocycles. The quantitative estimate of drug-likeness (QED) is 0.552. The van der Waals surface area contributed by atoms with E-state index in [1.54, 1.807) is 0 Å². The largest absolute Gasteiger partial charge is 0.297 e. The first-order chi connectivity index (χ1) is 5.00. The van der Waals surface area contributed by atoms with Crippen molar-refractivity contribution in [2.75, 3.05) is 18.8 Å². The first-order valence-electron chi connectivity index (χ1n) is 4.37. The van der Waals surface area contributed by atoms with Gasteiger partial charge in [-0.1, -0.05) is 6.92 Å². The lowest BCUT2D eigenvalue weighted by molar-refractivity contribution is 0.144. The molecule has 1 rings (SSSR count). The van der Waals surface area contributed by atoms with Gasteiger partial charge in [-0.2, -0.15) is 11.8 Å². The molecule has 1 heterocycles. The Bertz CT molecular complexity index is 128. The van der Waals surface area contributed by atoms with Crippen molar-refractivity contribution in [2.24, 2.45) is 0 Å². The third kappa shape index (κ3) is 2.68. The average molecular weight is 173 g/mol. The van der Waals surface area contributed by atoms with Crippen LogP contribution in [0.4, 0.5) is 0 Å². The highest BCUT2D eigenvalue weighted by atomic mass is 32.2. The summed E-state index contributed by atoms with van der Waals surface area (Å²) in [5, 5.41) is 0.822. The summed E-state index contributed by atoms with van der Waals surface area (Å²) in [4.78, 5) is 2.58. The van der Waals surface area contributed by atoms with Crippen LogP contribution in [0.2, 0.25) is 0 Å². The third-order valence-corrected chi connectivity index (χ3v) is 3.33. The summed E-state index contributed by atoms with van der Waals surface area (Å²) in [7, 11) is 0. The molecule has 1 nitrogen and oxygen atoms in total. The third-order valence-electron chi connectivity index (χ3n) is 2.19. The lowest BCUT2D eigenvalue weighted by atomic mass is 10.1. The molecule has 0 saturated carbocycles. The number of rotatable bonds is 0. The van der Waals surface area contributed by atoms with Crippen LogP contribution in [0.5, 0.6) is 0 Å². The van der Waals surface area contributed by atoms with Crippen molar-refractivity contribution in [1.29, 1.82) is 0 Å². The Balaban J connectivity index is 2.46. The monoisotopic (exact) mass is 173 g/mol. The SMILES string of the molecule is CC1CN(C(C)(C)C)CCS1. The second-order valence-electron chi connectivity index (χ2n) is 4.30. The Hall–Kier alpha value is 0.310. The standard InChI is InChI=1S/C9H19NS/c1-8-7-10(5-6-11-8)9(2,3)4/h8H,5-7H2,1-4H3. The van der Waals surface area contributed by atoms with Crippen LogP contribution < -0.4 is 0 Å². The summed E-state index contributed by atoms with van der Waals surface area (Å²) >= 11 is 2.10. The maximum atomic E-state index is 2.58. The van der Waals surface area contributed by atoms with Crippen molar-refractivity contribution in [2.45, 2.75) is 38.5 Å². The fourth-order valence-electron chi connectivity index (χ4n) is 1.43. The molecule has 0 radical (unpaired) electrons. The first kappa shape index (κ1) is 9.40. The maximum absolute atomic E-state index is 2.58. The van der Waals surface area contributed by atoms with E-state index >= 15 is 0 Å². The molecule has 66 valence electrons. The van der Waals surface area contributed by atoms with Crippen molar-refractivity contribution in [1.82, 2.24) is 4.90 Å². The summed E-state index contributed by atoms with van der Waals surface area (Å²) in [6, 6.07) is 0. The van der Waals surface area contributed by atoms with Crippen LogP contribution in [0.25, 0.3) is 0 Å². The fourth-order valence-corrected chi connectivity index (χ4v) is 2.44. The van der Waals surface area contributed by atoms with Crippen LogP contribution in [0.3, 0.4) is 0 Å². The van der Waals surface area contributed by atoms with Crippen LogP contribution in [0.15, 0.2) is 0 Å². The van der Waals surface area contributed by atoms with Gasteiger partial charge in [-0.15, -0.1) is 0 Å². The van der Waals surface area contributed by atoms with Gasteiger partial charge in [0, 0.05) is 29.6 Å². The van der Waals surface area contributed by atoms with Gasteiger partial charge in [0.15, 0.2) is 0 Å². The van der Waals surface area contributed by atoms with E-state index in [0.717, 1.165) is 5.25 Å². The summed E-state index contributed by atoms with van der Waals surface area (Å²) in [5.41, 5.74) is 0.370. The van der Waals surface area contributed by atoms with E-state index < -0.39 is 0 Å². The molecular formula is C9H19NS. The second kappa shape index (κ2) is 3.36. The molecule has 1 atom stereocenters. The van der Waals surface area contributed by atoms with Gasteiger partial charge in [0.2, 0.25) is 0 Å². The van der Waals surface area contributed by atoms with E-state index in [0.29, 0.717) is 5.54 Å². The predicted molar refractivity (Wildman–Crippen MR) is 53.2 cm³/mol. The van der Waals surface area contributed by atoms with Crippen LogP contribution in [-0.4, -0.2) is 34.5 Å². The number of nitrogens with zero attached hydrogens (tertiary/aromatic N) is 1. The minimum absolute atomic E-state index is 0.370. The van der Waals surface area contributed by atoms with Crippen LogP contribution >= 0.6 is 11.8 Å². The second-order valence-corrected chi connectivity index (χ2v) is 5.84. The molecule has 1 aliphatic rings. The van der Waals surface area contributed by atoms with Crippen molar-refractivity contribution < 1.29 is 0 Å². The van der Waals surface area contributed by atoms with Crippen molar-refractivity contribution in [3.8, 4) is 0 Å². The molecule has 1 aliphatic heterocycles. The summed E-state index contributed by atoms with van der Waals surface area (Å²) in [6.45, 7) is 11.7. The molecule has 1 unspecified atom stereocenters. The topological polar surface area (TPSA) is 3.24 Å². The molecule has 0 aromatic carbocycles. The number of hydrogen-bond acceptors (Lipinski definition) is 2. The Morgan fingerprint density at radius 1 is 1.36 bits per heavy atom. The Kier molecular flexibility index (Phi) is 2.87. The molecule has 0 aliphatic carbocycles. The van der Waals surface area contributed by atoms with Crippen LogP contribution in [0.1, 0.15) is 27.7 Å². The van der Waals surface area contributed by atoms with Gasteiger partial charge in [0.1, 0.15) is 0 Å². The molecule has 11 heavy (non-hydrogen) atoms. The molecule has 1 fully saturated rings. The molecule has 0 amide bonds. The van der Waals surface area contributed by atoms with Gasteiger partial charge in [-0.3, -0.25) is 4.90 Å². The van der Waals surface area contributed by atoms with E-state index in [9.17, 15) is 0 Å².